The summed E-state index contributed by atoms with van der Waals surface area (Å²) in [5, 5.41) is 21.7. The molecule has 0 unspecified atom stereocenters. The van der Waals surface area contributed by atoms with Crippen LogP contribution in [0.4, 0.5) is 17.1 Å². The van der Waals surface area contributed by atoms with Gasteiger partial charge in [0.05, 0.1) is 21.4 Å². The minimum absolute atomic E-state index is 0.0187. The van der Waals surface area contributed by atoms with Gasteiger partial charge in [-0.2, -0.15) is 0 Å². The summed E-state index contributed by atoms with van der Waals surface area (Å²) >= 11 is 0. The van der Waals surface area contributed by atoms with E-state index in [-0.39, 0.29) is 35.8 Å². The Morgan fingerprint density at radius 2 is 1.58 bits per heavy atom. The van der Waals surface area contributed by atoms with Gasteiger partial charge in [-0.3, -0.25) is 29.6 Å². The number of hydrogen-bond acceptors (Lipinski definition) is 8. The Morgan fingerprint density at radius 1 is 0.939 bits per heavy atom. The van der Waals surface area contributed by atoms with E-state index in [1.54, 1.807) is 17.0 Å². The van der Waals surface area contributed by atoms with Crippen LogP contribution in [0.2, 0.25) is 0 Å². The van der Waals surface area contributed by atoms with Crippen LogP contribution in [0, 0.1) is 20.2 Å². The van der Waals surface area contributed by atoms with Gasteiger partial charge in [-0.05, 0) is 24.6 Å². The number of non-ortho nitro benzene ring substituents is 2. The van der Waals surface area contributed by atoms with Gasteiger partial charge in [0.15, 0.2) is 5.58 Å². The van der Waals surface area contributed by atoms with Gasteiger partial charge in [-0.25, -0.2) is 4.79 Å². The maximum atomic E-state index is 12.6. The van der Waals surface area contributed by atoms with E-state index in [0.717, 1.165) is 5.69 Å². The minimum Gasteiger partial charge on any atom is -0.407 e. The number of amides is 1. The summed E-state index contributed by atoms with van der Waals surface area (Å²) in [7, 11) is 0. The Morgan fingerprint density at radius 3 is 2.21 bits per heavy atom. The molecule has 3 aromatic rings. The van der Waals surface area contributed by atoms with Gasteiger partial charge in [0.2, 0.25) is 5.91 Å². The van der Waals surface area contributed by atoms with E-state index in [4.69, 9.17) is 4.42 Å². The van der Waals surface area contributed by atoms with E-state index in [1.807, 2.05) is 0 Å². The second kappa shape index (κ2) is 9.10. The molecule has 2 heterocycles. The standard InChI is InChI=1S/C21H21N5O7/c27-20(23-12-10-22(11-13-23)15-3-5-16(6-4-15)25(29)30)2-1-9-24-18-8-7-17(26(31)32)14-19(18)33-21(24)28/h3-8,14H,1-2,9-13H2. The SMILES string of the molecule is O=C(CCCn1c(=O)oc2cc([N+](=O)[O-])ccc21)N1CCN(c2ccc([N+](=O)[O-])cc2)CC1. The van der Waals surface area contributed by atoms with E-state index < -0.39 is 15.6 Å². The first-order valence-corrected chi connectivity index (χ1v) is 10.4. The van der Waals surface area contributed by atoms with Crippen molar-refractivity contribution in [2.24, 2.45) is 0 Å². The second-order valence-electron chi connectivity index (χ2n) is 7.67. The molecule has 1 aromatic heterocycles. The Balaban J connectivity index is 1.29. The van der Waals surface area contributed by atoms with Crippen molar-refractivity contribution in [2.75, 3.05) is 31.1 Å². The first-order chi connectivity index (χ1) is 15.8. The lowest BCUT2D eigenvalue weighted by atomic mass is 10.2. The Hall–Kier alpha value is -4.22. The van der Waals surface area contributed by atoms with Crippen LogP contribution in [0.15, 0.2) is 51.7 Å². The molecule has 4 rings (SSSR count). The van der Waals surface area contributed by atoms with Gasteiger partial charge in [0, 0.05) is 63.0 Å². The summed E-state index contributed by atoms with van der Waals surface area (Å²) in [6.45, 7) is 2.57. The zero-order valence-corrected chi connectivity index (χ0v) is 17.6. The van der Waals surface area contributed by atoms with E-state index in [9.17, 15) is 29.8 Å². The van der Waals surface area contributed by atoms with E-state index >= 15 is 0 Å². The van der Waals surface area contributed by atoms with Gasteiger partial charge in [0.25, 0.3) is 11.4 Å². The molecule has 2 aromatic carbocycles. The number of oxazole rings is 1. The van der Waals surface area contributed by atoms with E-state index in [2.05, 4.69) is 4.90 Å². The highest BCUT2D eigenvalue weighted by Gasteiger charge is 2.22. The lowest BCUT2D eigenvalue weighted by Gasteiger charge is -2.36. The lowest BCUT2D eigenvalue weighted by molar-refractivity contribution is -0.385. The molecule has 1 saturated heterocycles. The largest absolute Gasteiger partial charge is 0.419 e. The Kier molecular flexibility index (Phi) is 6.07. The average Bonchev–Trinajstić information content (AvgIpc) is 3.13. The third-order valence-corrected chi connectivity index (χ3v) is 5.69. The van der Waals surface area contributed by atoms with Crippen molar-refractivity contribution < 1.29 is 19.1 Å². The van der Waals surface area contributed by atoms with Gasteiger partial charge in [-0.15, -0.1) is 0 Å². The molecule has 172 valence electrons. The number of fused-ring (bicyclic) bond motifs is 1. The number of aromatic nitrogens is 1. The number of piperazine rings is 1. The number of hydrogen-bond donors (Lipinski definition) is 0. The first-order valence-electron chi connectivity index (χ1n) is 10.4. The third kappa shape index (κ3) is 4.68. The number of rotatable bonds is 7. The van der Waals surface area contributed by atoms with Crippen molar-refractivity contribution in [3.63, 3.8) is 0 Å². The number of anilines is 1. The molecule has 33 heavy (non-hydrogen) atoms. The monoisotopic (exact) mass is 455 g/mol. The Bertz CT molecular complexity index is 1260. The maximum absolute atomic E-state index is 12.6. The highest BCUT2D eigenvalue weighted by molar-refractivity contribution is 5.77. The minimum atomic E-state index is -0.616. The third-order valence-electron chi connectivity index (χ3n) is 5.69. The average molecular weight is 455 g/mol. The van der Waals surface area contributed by atoms with Crippen LogP contribution in [-0.2, 0) is 11.3 Å². The van der Waals surface area contributed by atoms with Crippen molar-refractivity contribution in [1.29, 1.82) is 0 Å². The van der Waals surface area contributed by atoms with Crippen molar-refractivity contribution in [1.82, 2.24) is 9.47 Å². The van der Waals surface area contributed by atoms with Crippen LogP contribution in [0.1, 0.15) is 12.8 Å². The number of nitro benzene ring substituents is 2. The van der Waals surface area contributed by atoms with Gasteiger partial charge < -0.3 is 14.2 Å². The number of nitro groups is 2. The molecule has 12 nitrogen and oxygen atoms in total. The van der Waals surface area contributed by atoms with Crippen molar-refractivity contribution in [3.05, 3.63) is 73.2 Å². The summed E-state index contributed by atoms with van der Waals surface area (Å²) in [6.07, 6.45) is 0.677. The molecule has 0 bridgehead atoms. The summed E-state index contributed by atoms with van der Waals surface area (Å²) < 4.78 is 6.48. The summed E-state index contributed by atoms with van der Waals surface area (Å²) in [4.78, 5) is 49.2. The smallest absolute Gasteiger partial charge is 0.407 e. The molecule has 1 aliphatic heterocycles. The van der Waals surface area contributed by atoms with Gasteiger partial charge >= 0.3 is 5.76 Å². The molecule has 0 radical (unpaired) electrons. The predicted molar refractivity (Wildman–Crippen MR) is 118 cm³/mol. The highest BCUT2D eigenvalue weighted by atomic mass is 16.6. The normalized spacial score (nSPS) is 13.9. The van der Waals surface area contributed by atoms with E-state index in [1.165, 1.54) is 34.9 Å². The van der Waals surface area contributed by atoms with E-state index in [0.29, 0.717) is 38.1 Å². The number of aryl methyl sites for hydroxylation is 1. The highest BCUT2D eigenvalue weighted by Crippen LogP contribution is 2.22. The van der Waals surface area contributed by atoms with Gasteiger partial charge in [-0.1, -0.05) is 0 Å². The zero-order chi connectivity index (χ0) is 23.5. The van der Waals surface area contributed by atoms with Gasteiger partial charge in [0.1, 0.15) is 0 Å². The van der Waals surface area contributed by atoms with Crippen molar-refractivity contribution in [3.8, 4) is 0 Å². The zero-order valence-electron chi connectivity index (χ0n) is 17.6. The molecular formula is C21H21N5O7. The van der Waals surface area contributed by atoms with Crippen LogP contribution in [0.3, 0.4) is 0 Å². The van der Waals surface area contributed by atoms with Crippen LogP contribution in [0.5, 0.6) is 0 Å². The molecule has 0 aliphatic carbocycles. The number of carbonyl (C=O) groups is 1. The molecule has 1 fully saturated rings. The van der Waals surface area contributed by atoms with Crippen molar-refractivity contribution in [2.45, 2.75) is 19.4 Å². The molecule has 0 N–H and O–H groups in total. The maximum Gasteiger partial charge on any atom is 0.419 e. The topological polar surface area (TPSA) is 145 Å². The molecule has 0 saturated carbocycles. The fraction of sp³-hybridized carbons (Fsp3) is 0.333. The number of nitrogens with zero attached hydrogens (tertiary/aromatic N) is 5. The van der Waals surface area contributed by atoms with Crippen LogP contribution in [-0.4, -0.2) is 51.4 Å². The summed E-state index contributed by atoms with van der Waals surface area (Å²) in [6, 6.07) is 10.3. The molecular weight excluding hydrogens is 434 g/mol. The summed E-state index contributed by atoms with van der Waals surface area (Å²) in [5.41, 5.74) is 1.35. The summed E-state index contributed by atoms with van der Waals surface area (Å²) in [5.74, 6) is -0.635. The first kappa shape index (κ1) is 22.0. The quantitative estimate of drug-likeness (QED) is 0.390. The fourth-order valence-corrected chi connectivity index (χ4v) is 3.93. The molecule has 1 aliphatic rings. The molecule has 0 spiro atoms. The Labute approximate surface area is 186 Å². The van der Waals surface area contributed by atoms with Crippen LogP contribution in [0.25, 0.3) is 11.1 Å². The molecule has 12 heteroatoms. The lowest BCUT2D eigenvalue weighted by Crippen LogP contribution is -2.48. The van der Waals surface area contributed by atoms with Crippen LogP contribution >= 0.6 is 0 Å². The number of benzene rings is 2. The fourth-order valence-electron chi connectivity index (χ4n) is 3.93. The van der Waals surface area contributed by atoms with Crippen LogP contribution < -0.4 is 10.7 Å². The van der Waals surface area contributed by atoms with Crippen molar-refractivity contribution >= 4 is 34.1 Å². The second-order valence-corrected chi connectivity index (χ2v) is 7.67. The number of carbonyl (C=O) groups excluding carboxylic acids is 1. The molecule has 0 atom stereocenters. The molecule has 1 amide bonds. The predicted octanol–water partition coefficient (Wildman–Crippen LogP) is 2.54.